The number of nitrogens with zero attached hydrogens (tertiary/aromatic N) is 2. The monoisotopic (exact) mass is 496 g/mol. The average Bonchev–Trinajstić information content (AvgIpc) is 2.92. The normalized spacial score (nSPS) is 11.8. The van der Waals surface area contributed by atoms with Gasteiger partial charge in [0.25, 0.3) is 0 Å². The summed E-state index contributed by atoms with van der Waals surface area (Å²) in [7, 11) is 1.73. The van der Waals surface area contributed by atoms with Crippen LogP contribution < -0.4 is 10.6 Å². The zero-order valence-corrected chi connectivity index (χ0v) is 18.6. The molecule has 0 amide bonds. The first-order valence-corrected chi connectivity index (χ1v) is 8.82. The number of hydrogen-bond acceptors (Lipinski definition) is 3. The van der Waals surface area contributed by atoms with E-state index in [1.165, 1.54) is 12.1 Å². The Morgan fingerprint density at radius 2 is 2.08 bits per heavy atom. The van der Waals surface area contributed by atoms with Gasteiger partial charge in [0.1, 0.15) is 5.82 Å². The molecule has 25 heavy (non-hydrogen) atoms. The SMILES string of the molecule is CN=C(NCc1cnc(C)s1)NCC(C)(C)c1ccc(F)cc1Cl.I. The highest BCUT2D eigenvalue weighted by molar-refractivity contribution is 14.0. The van der Waals surface area contributed by atoms with E-state index >= 15 is 0 Å². The minimum atomic E-state index is -0.329. The van der Waals surface area contributed by atoms with Gasteiger partial charge in [-0.3, -0.25) is 4.99 Å². The molecule has 0 radical (unpaired) electrons. The van der Waals surface area contributed by atoms with Crippen LogP contribution in [0.25, 0.3) is 0 Å². The molecule has 0 saturated heterocycles. The van der Waals surface area contributed by atoms with Crippen LogP contribution in [0.3, 0.4) is 0 Å². The summed E-state index contributed by atoms with van der Waals surface area (Å²) in [6, 6.07) is 4.51. The second kappa shape index (κ2) is 9.68. The summed E-state index contributed by atoms with van der Waals surface area (Å²) >= 11 is 7.84. The summed E-state index contributed by atoms with van der Waals surface area (Å²) in [6.07, 6.45) is 1.86. The summed E-state index contributed by atoms with van der Waals surface area (Å²) in [5, 5.41) is 8.04. The molecule has 0 unspecified atom stereocenters. The molecule has 2 aromatic rings. The van der Waals surface area contributed by atoms with Crippen LogP contribution in [-0.4, -0.2) is 24.5 Å². The van der Waals surface area contributed by atoms with Crippen LogP contribution in [0.5, 0.6) is 0 Å². The summed E-state index contributed by atoms with van der Waals surface area (Å²) < 4.78 is 13.2. The van der Waals surface area contributed by atoms with Gasteiger partial charge in [0.2, 0.25) is 0 Å². The van der Waals surface area contributed by atoms with Gasteiger partial charge in [-0.05, 0) is 24.6 Å². The molecular weight excluding hydrogens is 474 g/mol. The Morgan fingerprint density at radius 3 is 2.64 bits per heavy atom. The molecule has 1 heterocycles. The Labute approximate surface area is 174 Å². The van der Waals surface area contributed by atoms with Crippen molar-refractivity contribution in [2.45, 2.75) is 32.7 Å². The van der Waals surface area contributed by atoms with E-state index in [2.05, 4.69) is 34.5 Å². The number of halogens is 3. The van der Waals surface area contributed by atoms with Crippen LogP contribution >= 0.6 is 46.9 Å². The molecule has 0 spiro atoms. The maximum absolute atomic E-state index is 13.2. The Bertz CT molecular complexity index is 733. The number of thiazole rings is 1. The second-order valence-electron chi connectivity index (χ2n) is 6.13. The van der Waals surface area contributed by atoms with E-state index in [-0.39, 0.29) is 35.2 Å². The van der Waals surface area contributed by atoms with Gasteiger partial charge in [0, 0.05) is 35.1 Å². The van der Waals surface area contributed by atoms with E-state index in [0.717, 1.165) is 15.4 Å². The third-order valence-electron chi connectivity index (χ3n) is 3.68. The van der Waals surface area contributed by atoms with Crippen molar-refractivity contribution in [1.29, 1.82) is 0 Å². The molecule has 0 fully saturated rings. The smallest absolute Gasteiger partial charge is 0.191 e. The fourth-order valence-corrected chi connectivity index (χ4v) is 3.47. The number of aliphatic imine (C=N–C) groups is 1. The van der Waals surface area contributed by atoms with Crippen LogP contribution in [0.1, 0.15) is 29.3 Å². The van der Waals surface area contributed by atoms with Gasteiger partial charge in [0.05, 0.1) is 11.6 Å². The molecule has 0 saturated carbocycles. The lowest BCUT2D eigenvalue weighted by atomic mass is 9.84. The second-order valence-corrected chi connectivity index (χ2v) is 7.86. The molecule has 2 N–H and O–H groups in total. The van der Waals surface area contributed by atoms with Gasteiger partial charge < -0.3 is 10.6 Å². The first-order valence-electron chi connectivity index (χ1n) is 7.63. The van der Waals surface area contributed by atoms with Crippen molar-refractivity contribution >= 4 is 52.9 Å². The maximum atomic E-state index is 13.2. The standard InChI is InChI=1S/C17H22ClFN4S.HI/c1-11-21-8-13(24-11)9-22-16(20-4)23-10-17(2,3)14-6-5-12(19)7-15(14)18;/h5-8H,9-10H2,1-4H3,(H2,20,22,23);1H. The van der Waals surface area contributed by atoms with Crippen LogP contribution in [0, 0.1) is 12.7 Å². The highest BCUT2D eigenvalue weighted by atomic mass is 127. The number of aryl methyl sites for hydroxylation is 1. The van der Waals surface area contributed by atoms with E-state index < -0.39 is 0 Å². The highest BCUT2D eigenvalue weighted by Gasteiger charge is 2.24. The third kappa shape index (κ3) is 6.38. The number of hydrogen-bond donors (Lipinski definition) is 2. The van der Waals surface area contributed by atoms with Crippen molar-refractivity contribution in [2.24, 2.45) is 4.99 Å². The van der Waals surface area contributed by atoms with Crippen LogP contribution in [0.4, 0.5) is 4.39 Å². The van der Waals surface area contributed by atoms with Crippen molar-refractivity contribution in [2.75, 3.05) is 13.6 Å². The van der Waals surface area contributed by atoms with Gasteiger partial charge in [0.15, 0.2) is 5.96 Å². The van der Waals surface area contributed by atoms with E-state index in [0.29, 0.717) is 24.1 Å². The number of rotatable bonds is 5. The van der Waals surface area contributed by atoms with Crippen molar-refractivity contribution in [3.8, 4) is 0 Å². The van der Waals surface area contributed by atoms with Crippen molar-refractivity contribution in [3.63, 3.8) is 0 Å². The summed E-state index contributed by atoms with van der Waals surface area (Å²) in [5.74, 6) is 0.372. The molecule has 2 rings (SSSR count). The molecule has 138 valence electrons. The summed E-state index contributed by atoms with van der Waals surface area (Å²) in [4.78, 5) is 9.61. The molecule has 0 aliphatic carbocycles. The lowest BCUT2D eigenvalue weighted by Crippen LogP contribution is -2.43. The zero-order chi connectivity index (χ0) is 17.7. The molecule has 8 heteroatoms. The average molecular weight is 497 g/mol. The molecular formula is C17H23ClFIN4S. The quantitative estimate of drug-likeness (QED) is 0.364. The number of benzene rings is 1. The first-order chi connectivity index (χ1) is 11.3. The fourth-order valence-electron chi connectivity index (χ4n) is 2.32. The van der Waals surface area contributed by atoms with Gasteiger partial charge in [-0.15, -0.1) is 35.3 Å². The van der Waals surface area contributed by atoms with Crippen molar-refractivity contribution < 1.29 is 4.39 Å². The van der Waals surface area contributed by atoms with Crippen LogP contribution in [-0.2, 0) is 12.0 Å². The van der Waals surface area contributed by atoms with E-state index in [9.17, 15) is 4.39 Å². The minimum Gasteiger partial charge on any atom is -0.356 e. The molecule has 4 nitrogen and oxygen atoms in total. The minimum absolute atomic E-state index is 0. The summed E-state index contributed by atoms with van der Waals surface area (Å²) in [5.41, 5.74) is 0.621. The maximum Gasteiger partial charge on any atom is 0.191 e. The first kappa shape index (κ1) is 22.1. The fraction of sp³-hybridized carbons (Fsp3) is 0.412. The van der Waals surface area contributed by atoms with Crippen LogP contribution in [0.2, 0.25) is 5.02 Å². The molecule has 0 atom stereocenters. The molecule has 1 aromatic heterocycles. The number of nitrogens with one attached hydrogen (secondary N) is 2. The Morgan fingerprint density at radius 1 is 1.36 bits per heavy atom. The molecule has 0 bridgehead atoms. The third-order valence-corrected chi connectivity index (χ3v) is 4.91. The molecule has 0 aliphatic heterocycles. The molecule has 1 aromatic carbocycles. The lowest BCUT2D eigenvalue weighted by molar-refractivity contribution is 0.507. The molecule has 0 aliphatic rings. The van der Waals surface area contributed by atoms with Crippen molar-refractivity contribution in [3.05, 3.63) is 50.7 Å². The lowest BCUT2D eigenvalue weighted by Gasteiger charge is -2.27. The Hall–Kier alpha value is -0.930. The predicted molar refractivity (Wildman–Crippen MR) is 115 cm³/mol. The van der Waals surface area contributed by atoms with E-state index in [4.69, 9.17) is 11.6 Å². The van der Waals surface area contributed by atoms with Crippen LogP contribution in [0.15, 0.2) is 29.4 Å². The van der Waals surface area contributed by atoms with Crippen molar-refractivity contribution in [1.82, 2.24) is 15.6 Å². The Balaban J connectivity index is 0.00000312. The van der Waals surface area contributed by atoms with Gasteiger partial charge in [-0.2, -0.15) is 0 Å². The highest BCUT2D eigenvalue weighted by Crippen LogP contribution is 2.29. The number of aromatic nitrogens is 1. The summed E-state index contributed by atoms with van der Waals surface area (Å²) in [6.45, 7) is 7.37. The zero-order valence-electron chi connectivity index (χ0n) is 14.7. The Kier molecular flexibility index (Phi) is 8.56. The van der Waals surface area contributed by atoms with Gasteiger partial charge in [-0.25, -0.2) is 9.37 Å². The predicted octanol–water partition coefficient (Wildman–Crippen LogP) is 4.50. The number of guanidine groups is 1. The van der Waals surface area contributed by atoms with E-state index in [1.54, 1.807) is 24.5 Å². The topological polar surface area (TPSA) is 49.3 Å². The van der Waals surface area contributed by atoms with E-state index in [1.807, 2.05) is 13.1 Å². The largest absolute Gasteiger partial charge is 0.356 e. The van der Waals surface area contributed by atoms with Gasteiger partial charge in [-0.1, -0.05) is 31.5 Å². The van der Waals surface area contributed by atoms with Gasteiger partial charge >= 0.3 is 0 Å².